The van der Waals surface area contributed by atoms with Crippen LogP contribution in [0.5, 0.6) is 0 Å². The van der Waals surface area contributed by atoms with Crippen molar-refractivity contribution in [3.63, 3.8) is 0 Å². The summed E-state index contributed by atoms with van der Waals surface area (Å²) in [5.74, 6) is -1.41. The molecular formula is C72H78O9P4. The third-order valence-electron chi connectivity index (χ3n) is 15.2. The minimum Gasteiger partial charge on any atom is -0.465 e. The summed E-state index contributed by atoms with van der Waals surface area (Å²) in [6.45, 7) is 3.77. The number of rotatable bonds is 34. The van der Waals surface area contributed by atoms with Gasteiger partial charge in [-0.15, -0.1) is 0 Å². The van der Waals surface area contributed by atoms with Crippen LogP contribution in [0.2, 0.25) is 0 Å². The van der Waals surface area contributed by atoms with Gasteiger partial charge in [0.15, 0.2) is 0 Å². The number of hydrogen-bond acceptors (Lipinski definition) is 9. The summed E-state index contributed by atoms with van der Waals surface area (Å²) < 4.78 is 31.7. The van der Waals surface area contributed by atoms with E-state index < -0.39 is 42.5 Å². The standard InChI is InChI=1S/C72H78O9P4/c1-3-71(55-78-67(73)45-49-82(59-29-13-5-14-30-59)60-31-15-6-16-32-60,56-79-68(74)46-50-83(61-33-17-7-18-34-61)62-35-19-8-20-36-62)53-77-54-72(4-2,57-80-69(75)47-51-84(63-37-21-9-22-38-63)64-39-23-10-24-40-64)58-81-70(76)48-52-85(65-41-25-11-26-42-65)66-43-27-12-28-44-66/h5-44H,3-4,45-58H2,1-2H3. The Morgan fingerprint density at radius 1 is 0.271 bits per heavy atom. The first-order valence-corrected chi connectivity index (χ1v) is 35.5. The maximum atomic E-state index is 14.0. The summed E-state index contributed by atoms with van der Waals surface area (Å²) in [6, 6.07) is 82.2. The number of benzene rings is 8. The molecule has 0 aromatic heterocycles. The highest BCUT2D eigenvalue weighted by Gasteiger charge is 2.38. The van der Waals surface area contributed by atoms with Crippen LogP contribution in [-0.4, -0.2) is 88.2 Å². The molecule has 0 bridgehead atoms. The van der Waals surface area contributed by atoms with E-state index >= 15 is 0 Å². The Hall–Kier alpha value is -6.68. The van der Waals surface area contributed by atoms with E-state index in [1.807, 2.05) is 159 Å². The molecule has 0 heterocycles. The summed E-state index contributed by atoms with van der Waals surface area (Å²) in [4.78, 5) is 56.0. The van der Waals surface area contributed by atoms with Crippen molar-refractivity contribution >= 4 is 98.0 Å². The van der Waals surface area contributed by atoms with Crippen molar-refractivity contribution in [1.29, 1.82) is 0 Å². The molecular weight excluding hydrogens is 1130 g/mol. The Morgan fingerprint density at radius 3 is 0.588 bits per heavy atom. The summed E-state index contributed by atoms with van der Waals surface area (Å²) in [5, 5.41) is 9.39. The fraction of sp³-hybridized carbons (Fsp3) is 0.278. The topological polar surface area (TPSA) is 114 Å². The van der Waals surface area contributed by atoms with Gasteiger partial charge in [0.2, 0.25) is 0 Å². The van der Waals surface area contributed by atoms with E-state index in [9.17, 15) is 19.2 Å². The quantitative estimate of drug-likeness (QED) is 0.0221. The molecule has 0 amide bonds. The van der Waals surface area contributed by atoms with E-state index in [4.69, 9.17) is 23.7 Å². The van der Waals surface area contributed by atoms with Crippen molar-refractivity contribution in [3.05, 3.63) is 243 Å². The summed E-state index contributed by atoms with van der Waals surface area (Å²) in [5.41, 5.74) is -1.91. The minimum atomic E-state index is -0.955. The van der Waals surface area contributed by atoms with Gasteiger partial charge in [-0.2, -0.15) is 0 Å². The normalized spacial score (nSPS) is 11.6. The fourth-order valence-electron chi connectivity index (χ4n) is 9.87. The van der Waals surface area contributed by atoms with Crippen molar-refractivity contribution < 1.29 is 42.9 Å². The van der Waals surface area contributed by atoms with Crippen molar-refractivity contribution in [2.24, 2.45) is 10.8 Å². The van der Waals surface area contributed by atoms with Crippen LogP contribution in [-0.2, 0) is 42.9 Å². The maximum absolute atomic E-state index is 14.0. The molecule has 440 valence electrons. The zero-order chi connectivity index (χ0) is 59.4. The zero-order valence-corrected chi connectivity index (χ0v) is 52.4. The SMILES string of the molecule is CCC(COCC(CC)(COC(=O)CCP(c1ccccc1)c1ccccc1)COC(=O)CCP(c1ccccc1)c1ccccc1)(COC(=O)CCP(c1ccccc1)c1ccccc1)COC(=O)CCP(c1ccccc1)c1ccccc1. The van der Waals surface area contributed by atoms with Gasteiger partial charge in [-0.3, -0.25) is 19.2 Å². The van der Waals surface area contributed by atoms with E-state index in [1.54, 1.807) is 0 Å². The van der Waals surface area contributed by atoms with Crippen molar-refractivity contribution in [1.82, 2.24) is 0 Å². The molecule has 0 atom stereocenters. The second-order valence-corrected chi connectivity index (χ2v) is 30.5. The van der Waals surface area contributed by atoms with Gasteiger partial charge in [-0.25, -0.2) is 0 Å². The number of carbonyl (C=O) groups is 4. The van der Waals surface area contributed by atoms with Crippen LogP contribution in [0.3, 0.4) is 0 Å². The fourth-order valence-corrected chi connectivity index (χ4v) is 19.0. The van der Waals surface area contributed by atoms with Crippen LogP contribution in [0.1, 0.15) is 52.4 Å². The monoisotopic (exact) mass is 1210 g/mol. The minimum absolute atomic E-state index is 0.0338. The average molecular weight is 1210 g/mol. The summed E-state index contributed by atoms with van der Waals surface area (Å²) in [6.07, 6.45) is 3.99. The van der Waals surface area contributed by atoms with E-state index in [1.165, 1.54) is 42.4 Å². The maximum Gasteiger partial charge on any atom is 0.306 e. The van der Waals surface area contributed by atoms with Crippen LogP contribution in [0, 0.1) is 10.8 Å². The third kappa shape index (κ3) is 20.2. The number of carbonyl (C=O) groups excluding carboxylic acids is 4. The van der Waals surface area contributed by atoms with E-state index in [-0.39, 0.29) is 89.2 Å². The van der Waals surface area contributed by atoms with Crippen LogP contribution < -0.4 is 42.4 Å². The molecule has 8 aromatic carbocycles. The van der Waals surface area contributed by atoms with Gasteiger partial charge < -0.3 is 23.7 Å². The number of esters is 4. The molecule has 0 aliphatic heterocycles. The molecule has 0 aliphatic rings. The molecule has 0 saturated heterocycles. The molecule has 0 fully saturated rings. The lowest BCUT2D eigenvalue weighted by molar-refractivity contribution is -0.163. The van der Waals surface area contributed by atoms with E-state index in [2.05, 4.69) is 97.1 Å². The average Bonchev–Trinajstić information content (AvgIpc) is 3.62. The first kappa shape index (κ1) is 64.3. The Bertz CT molecular complexity index is 2640. The second kappa shape index (κ2) is 34.5. The van der Waals surface area contributed by atoms with Gasteiger partial charge in [0.1, 0.15) is 26.4 Å². The van der Waals surface area contributed by atoms with Crippen molar-refractivity contribution in [2.75, 3.05) is 64.3 Å². The summed E-state index contributed by atoms with van der Waals surface area (Å²) >= 11 is 0. The molecule has 0 saturated carbocycles. The molecule has 8 aromatic rings. The predicted octanol–water partition coefficient (Wildman–Crippen LogP) is 12.1. The third-order valence-corrected chi connectivity index (χ3v) is 25.2. The smallest absolute Gasteiger partial charge is 0.306 e. The van der Waals surface area contributed by atoms with Crippen molar-refractivity contribution in [3.8, 4) is 0 Å². The van der Waals surface area contributed by atoms with Crippen LogP contribution in [0.15, 0.2) is 243 Å². The molecule has 85 heavy (non-hydrogen) atoms. The predicted molar refractivity (Wildman–Crippen MR) is 354 cm³/mol. The Labute approximate surface area is 508 Å². The number of ether oxygens (including phenoxy) is 5. The van der Waals surface area contributed by atoms with E-state index in [0.717, 1.165) is 0 Å². The Balaban J connectivity index is 0.991. The highest BCUT2D eigenvalue weighted by molar-refractivity contribution is 7.74. The van der Waals surface area contributed by atoms with Gasteiger partial charge in [-0.05, 0) is 112 Å². The molecule has 0 spiro atoms. The summed E-state index contributed by atoms with van der Waals surface area (Å²) in [7, 11) is -3.38. The van der Waals surface area contributed by atoms with Crippen LogP contribution in [0.25, 0.3) is 0 Å². The largest absolute Gasteiger partial charge is 0.465 e. The van der Waals surface area contributed by atoms with Gasteiger partial charge in [0.25, 0.3) is 0 Å². The molecule has 0 unspecified atom stereocenters. The lowest BCUT2D eigenvalue weighted by Gasteiger charge is -2.35. The molecule has 0 aliphatic carbocycles. The Morgan fingerprint density at radius 2 is 0.435 bits per heavy atom. The number of hydrogen-bond donors (Lipinski definition) is 0. The van der Waals surface area contributed by atoms with Crippen molar-refractivity contribution in [2.45, 2.75) is 52.4 Å². The molecule has 0 radical (unpaired) electrons. The highest BCUT2D eigenvalue weighted by atomic mass is 31.1. The second-order valence-electron chi connectivity index (χ2n) is 21.1. The highest BCUT2D eigenvalue weighted by Crippen LogP contribution is 2.39. The molecule has 13 heteroatoms. The molecule has 0 N–H and O–H groups in total. The first-order chi connectivity index (χ1) is 41.6. The van der Waals surface area contributed by atoms with Crippen LogP contribution in [0.4, 0.5) is 0 Å². The zero-order valence-electron chi connectivity index (χ0n) is 48.9. The van der Waals surface area contributed by atoms with Gasteiger partial charge in [-0.1, -0.05) is 257 Å². The van der Waals surface area contributed by atoms with Gasteiger partial charge in [0.05, 0.1) is 49.7 Å². The van der Waals surface area contributed by atoms with E-state index in [0.29, 0.717) is 37.5 Å². The van der Waals surface area contributed by atoms with Crippen LogP contribution >= 0.6 is 31.7 Å². The van der Waals surface area contributed by atoms with Gasteiger partial charge in [0, 0.05) is 0 Å². The lowest BCUT2D eigenvalue weighted by Crippen LogP contribution is -2.42. The van der Waals surface area contributed by atoms with Gasteiger partial charge >= 0.3 is 23.9 Å². The first-order valence-electron chi connectivity index (χ1n) is 29.4. The molecule has 8 rings (SSSR count). The lowest BCUT2D eigenvalue weighted by atomic mass is 9.86. The Kier molecular flexibility index (Phi) is 26.1. The molecule has 9 nitrogen and oxygen atoms in total.